The Hall–Kier alpha value is -3.36. The molecule has 6 nitrogen and oxygen atoms in total. The zero-order valence-corrected chi connectivity index (χ0v) is 29.5. The van der Waals surface area contributed by atoms with Gasteiger partial charge in [0.1, 0.15) is 0 Å². The lowest BCUT2D eigenvalue weighted by Gasteiger charge is -2.35. The Bertz CT molecular complexity index is 1330. The van der Waals surface area contributed by atoms with Gasteiger partial charge < -0.3 is 10.6 Å². The molecule has 2 fully saturated rings. The van der Waals surface area contributed by atoms with Crippen molar-refractivity contribution < 1.29 is 0 Å². The van der Waals surface area contributed by atoms with E-state index in [1.165, 1.54) is 28.7 Å². The van der Waals surface area contributed by atoms with Crippen molar-refractivity contribution >= 4 is 0 Å². The van der Waals surface area contributed by atoms with Crippen molar-refractivity contribution in [2.24, 2.45) is 0 Å². The van der Waals surface area contributed by atoms with Crippen molar-refractivity contribution in [3.63, 3.8) is 0 Å². The Balaban J connectivity index is 1.14. The lowest BCUT2D eigenvalue weighted by Crippen LogP contribution is -2.48. The molecular formula is C43H58N6. The second kappa shape index (κ2) is 19.7. The summed E-state index contributed by atoms with van der Waals surface area (Å²) in [6.07, 6.45) is 3.35. The predicted molar refractivity (Wildman–Crippen MR) is 205 cm³/mol. The molecule has 0 spiro atoms. The molecule has 0 amide bonds. The zero-order chi connectivity index (χ0) is 33.4. The number of hydrogen-bond donors (Lipinski definition) is 2. The molecule has 2 unspecified atom stereocenters. The first kappa shape index (κ1) is 35.5. The maximum absolute atomic E-state index is 3.86. The fraction of sp³-hybridized carbons (Fsp3) is 0.442. The van der Waals surface area contributed by atoms with Crippen molar-refractivity contribution in [1.82, 2.24) is 30.2 Å². The van der Waals surface area contributed by atoms with Gasteiger partial charge in [-0.25, -0.2) is 0 Å². The minimum atomic E-state index is 0.484. The van der Waals surface area contributed by atoms with Crippen LogP contribution in [0.25, 0.3) is 0 Å². The van der Waals surface area contributed by atoms with Crippen LogP contribution in [0.1, 0.15) is 28.7 Å². The summed E-state index contributed by atoms with van der Waals surface area (Å²) in [5.74, 6) is 0. The fourth-order valence-corrected chi connectivity index (χ4v) is 7.64. The molecule has 0 aromatic heterocycles. The van der Waals surface area contributed by atoms with Crippen LogP contribution in [0, 0.1) is 0 Å². The van der Waals surface area contributed by atoms with Crippen LogP contribution in [0.3, 0.4) is 0 Å². The molecule has 0 aliphatic carbocycles. The van der Waals surface area contributed by atoms with Crippen molar-refractivity contribution in [2.75, 3.05) is 78.5 Å². The molecule has 6 rings (SSSR count). The van der Waals surface area contributed by atoms with Crippen LogP contribution in [-0.2, 0) is 25.9 Å². The van der Waals surface area contributed by atoms with Gasteiger partial charge in [0.15, 0.2) is 0 Å². The summed E-state index contributed by atoms with van der Waals surface area (Å²) in [6.45, 7) is 15.0. The molecule has 2 aliphatic rings. The fourth-order valence-electron chi connectivity index (χ4n) is 7.64. The normalized spacial score (nSPS) is 21.1. The summed E-state index contributed by atoms with van der Waals surface area (Å²) in [6, 6.07) is 45.2. The number of benzene rings is 4. The summed E-state index contributed by atoms with van der Waals surface area (Å²) in [5.41, 5.74) is 5.68. The van der Waals surface area contributed by atoms with Gasteiger partial charge in [-0.3, -0.25) is 19.6 Å². The third-order valence-corrected chi connectivity index (χ3v) is 10.4. The Kier molecular flexibility index (Phi) is 14.3. The van der Waals surface area contributed by atoms with Crippen molar-refractivity contribution in [1.29, 1.82) is 0 Å². The van der Waals surface area contributed by atoms with Crippen molar-refractivity contribution in [3.8, 4) is 0 Å². The molecule has 0 radical (unpaired) electrons. The highest BCUT2D eigenvalue weighted by molar-refractivity contribution is 5.18. The summed E-state index contributed by atoms with van der Waals surface area (Å²) in [5, 5.41) is 7.71. The van der Waals surface area contributed by atoms with Crippen LogP contribution >= 0.6 is 0 Å². The van der Waals surface area contributed by atoms with Crippen LogP contribution in [0.5, 0.6) is 0 Å². The first-order valence-corrected chi connectivity index (χ1v) is 18.8. The van der Waals surface area contributed by atoms with E-state index in [1.54, 1.807) is 0 Å². The van der Waals surface area contributed by atoms with Gasteiger partial charge >= 0.3 is 0 Å². The van der Waals surface area contributed by atoms with Crippen LogP contribution in [0.4, 0.5) is 0 Å². The highest BCUT2D eigenvalue weighted by Gasteiger charge is 2.25. The summed E-state index contributed by atoms with van der Waals surface area (Å²) >= 11 is 0. The highest BCUT2D eigenvalue weighted by atomic mass is 15.3. The van der Waals surface area contributed by atoms with Gasteiger partial charge in [0.05, 0.1) is 0 Å². The van der Waals surface area contributed by atoms with Crippen LogP contribution in [-0.4, -0.2) is 110 Å². The monoisotopic (exact) mass is 658 g/mol. The second-order valence-corrected chi connectivity index (χ2v) is 14.0. The average molecular weight is 659 g/mol. The molecular weight excluding hydrogens is 601 g/mol. The Morgan fingerprint density at radius 1 is 0.429 bits per heavy atom. The first-order valence-electron chi connectivity index (χ1n) is 18.8. The summed E-state index contributed by atoms with van der Waals surface area (Å²) < 4.78 is 0. The maximum Gasteiger partial charge on any atom is 0.0261 e. The summed E-state index contributed by atoms with van der Waals surface area (Å²) in [4.78, 5) is 10.9. The van der Waals surface area contributed by atoms with E-state index in [0.717, 1.165) is 104 Å². The van der Waals surface area contributed by atoms with E-state index in [0.29, 0.717) is 12.1 Å². The van der Waals surface area contributed by atoms with Gasteiger partial charge in [-0.1, -0.05) is 121 Å². The SMILES string of the molecule is c1ccc(CC2CNCCN(Cc3ccccc3)CCN2CCCN2CCN(Cc3ccccc3)CCNCC2Cc2ccccc2)cc1. The lowest BCUT2D eigenvalue weighted by molar-refractivity contribution is 0.137. The number of nitrogens with zero attached hydrogens (tertiary/aromatic N) is 4. The predicted octanol–water partition coefficient (Wildman–Crippen LogP) is 5.41. The molecule has 2 saturated heterocycles. The van der Waals surface area contributed by atoms with E-state index in [1.807, 2.05) is 0 Å². The van der Waals surface area contributed by atoms with Gasteiger partial charge in [-0.2, -0.15) is 0 Å². The standard InChI is InChI=1S/C43H58N6/c1-5-14-38(15-6-1)32-42-34-44-22-26-46(36-40-18-9-3-10-19-40)28-30-48(42)24-13-25-49-31-29-47(37-41-20-11-4-12-21-41)27-23-45-35-43(49)33-39-16-7-2-8-17-39/h1-12,14-21,42-45H,13,22-37H2. The molecule has 2 atom stereocenters. The largest absolute Gasteiger partial charge is 0.314 e. The van der Waals surface area contributed by atoms with Gasteiger partial charge in [0.25, 0.3) is 0 Å². The van der Waals surface area contributed by atoms with E-state index < -0.39 is 0 Å². The third kappa shape index (κ3) is 11.9. The maximum atomic E-state index is 3.86. The van der Waals surface area contributed by atoms with Gasteiger partial charge in [0, 0.05) is 90.6 Å². The van der Waals surface area contributed by atoms with Crippen LogP contribution < -0.4 is 10.6 Å². The van der Waals surface area contributed by atoms with Gasteiger partial charge in [-0.05, 0) is 54.6 Å². The van der Waals surface area contributed by atoms with Gasteiger partial charge in [-0.15, -0.1) is 0 Å². The molecule has 2 aliphatic heterocycles. The van der Waals surface area contributed by atoms with E-state index in [4.69, 9.17) is 0 Å². The molecule has 2 N–H and O–H groups in total. The molecule has 0 saturated carbocycles. The lowest BCUT2D eigenvalue weighted by atomic mass is 10.0. The minimum Gasteiger partial charge on any atom is -0.314 e. The topological polar surface area (TPSA) is 37.0 Å². The van der Waals surface area contributed by atoms with E-state index in [-0.39, 0.29) is 0 Å². The van der Waals surface area contributed by atoms with E-state index in [9.17, 15) is 0 Å². The van der Waals surface area contributed by atoms with Crippen LogP contribution in [0.2, 0.25) is 0 Å². The quantitative estimate of drug-likeness (QED) is 0.212. The molecule has 2 heterocycles. The number of nitrogens with one attached hydrogen (secondary N) is 2. The summed E-state index contributed by atoms with van der Waals surface area (Å²) in [7, 11) is 0. The Morgan fingerprint density at radius 2 is 0.796 bits per heavy atom. The van der Waals surface area contributed by atoms with Gasteiger partial charge in [0.2, 0.25) is 0 Å². The molecule has 4 aromatic rings. The van der Waals surface area contributed by atoms with E-state index in [2.05, 4.69) is 152 Å². The third-order valence-electron chi connectivity index (χ3n) is 10.4. The number of rotatable bonds is 12. The smallest absolute Gasteiger partial charge is 0.0261 e. The zero-order valence-electron chi connectivity index (χ0n) is 29.5. The molecule has 6 heteroatoms. The molecule has 0 bridgehead atoms. The first-order chi connectivity index (χ1) is 24.3. The van der Waals surface area contributed by atoms with Crippen molar-refractivity contribution in [2.45, 2.75) is 44.4 Å². The van der Waals surface area contributed by atoms with Crippen LogP contribution in [0.15, 0.2) is 121 Å². The molecule has 4 aromatic carbocycles. The Morgan fingerprint density at radius 3 is 1.18 bits per heavy atom. The second-order valence-electron chi connectivity index (χ2n) is 14.0. The molecule has 260 valence electrons. The minimum absolute atomic E-state index is 0.484. The highest BCUT2D eigenvalue weighted by Crippen LogP contribution is 2.16. The Labute approximate surface area is 296 Å². The van der Waals surface area contributed by atoms with E-state index >= 15 is 0 Å². The molecule has 49 heavy (non-hydrogen) atoms. The van der Waals surface area contributed by atoms with Crippen molar-refractivity contribution in [3.05, 3.63) is 144 Å². The average Bonchev–Trinajstić information content (AvgIpc) is 3.29. The number of hydrogen-bond acceptors (Lipinski definition) is 6.